The molecule has 1 aromatic heterocycles. The normalized spacial score (nSPS) is 13.5. The van der Waals surface area contributed by atoms with Gasteiger partial charge in [-0.15, -0.1) is 0 Å². The number of hydrogen-bond donors (Lipinski definition) is 2. The van der Waals surface area contributed by atoms with Gasteiger partial charge in [0.1, 0.15) is 11.4 Å². The van der Waals surface area contributed by atoms with Gasteiger partial charge >= 0.3 is 5.97 Å². The fourth-order valence-corrected chi connectivity index (χ4v) is 2.90. The summed E-state index contributed by atoms with van der Waals surface area (Å²) in [5.41, 5.74) is 0. The van der Waals surface area contributed by atoms with Crippen molar-refractivity contribution >= 4 is 16.0 Å². The summed E-state index contributed by atoms with van der Waals surface area (Å²) < 4.78 is 33.4. The third-order valence-corrected chi connectivity index (χ3v) is 4.27. The van der Waals surface area contributed by atoms with E-state index in [0.717, 1.165) is 10.9 Å². The van der Waals surface area contributed by atoms with Gasteiger partial charge in [0.2, 0.25) is 10.0 Å². The summed E-state index contributed by atoms with van der Waals surface area (Å²) in [6, 6.07) is -0.363. The van der Waals surface area contributed by atoms with Crippen molar-refractivity contribution < 1.29 is 23.1 Å². The lowest BCUT2D eigenvalue weighted by atomic mass is 10.1. The number of nitrogens with zero attached hydrogens (tertiary/aromatic N) is 2. The molecule has 0 aromatic carbocycles. The van der Waals surface area contributed by atoms with E-state index in [1.165, 1.54) is 6.20 Å². The third kappa shape index (κ3) is 5.44. The van der Waals surface area contributed by atoms with Gasteiger partial charge in [-0.05, 0) is 12.8 Å². The van der Waals surface area contributed by atoms with Gasteiger partial charge in [-0.1, -0.05) is 13.8 Å². The molecule has 0 aliphatic heterocycles. The minimum absolute atomic E-state index is 0.0559. The zero-order valence-electron chi connectivity index (χ0n) is 12.3. The molecule has 0 saturated carbocycles. The number of aliphatic carboxylic acids is 1. The van der Waals surface area contributed by atoms with E-state index in [1.807, 2.05) is 20.8 Å². The molecular weight excluding hydrogens is 298 g/mol. The molecule has 21 heavy (non-hydrogen) atoms. The SMILES string of the molecule is CCOCC(NS(=O)(=O)c1cnn(CC(=O)O)c1)C(C)C. The smallest absolute Gasteiger partial charge is 0.325 e. The number of carbonyl (C=O) groups is 1. The third-order valence-electron chi connectivity index (χ3n) is 2.83. The standard InChI is InChI=1S/C12H21N3O5S/c1-4-20-8-11(9(2)3)14-21(18,19)10-5-13-15(6-10)7-12(16)17/h5-6,9,11,14H,4,7-8H2,1-3H3,(H,16,17). The molecule has 1 atom stereocenters. The first-order chi connectivity index (χ1) is 9.76. The predicted octanol–water partition coefficient (Wildman–Crippen LogP) is 0.307. The quantitative estimate of drug-likeness (QED) is 0.677. The van der Waals surface area contributed by atoms with Gasteiger partial charge in [0.05, 0.1) is 12.8 Å². The maximum atomic E-state index is 12.2. The summed E-state index contributed by atoms with van der Waals surface area (Å²) in [4.78, 5) is 10.5. The minimum Gasteiger partial charge on any atom is -0.480 e. The van der Waals surface area contributed by atoms with Crippen molar-refractivity contribution in [1.29, 1.82) is 0 Å². The first kappa shape index (κ1) is 17.6. The van der Waals surface area contributed by atoms with Crippen LogP contribution in [0, 0.1) is 5.92 Å². The molecule has 8 nitrogen and oxygen atoms in total. The average molecular weight is 319 g/mol. The van der Waals surface area contributed by atoms with Crippen molar-refractivity contribution in [1.82, 2.24) is 14.5 Å². The largest absolute Gasteiger partial charge is 0.480 e. The van der Waals surface area contributed by atoms with E-state index in [0.29, 0.717) is 6.61 Å². The Morgan fingerprint density at radius 1 is 1.52 bits per heavy atom. The van der Waals surface area contributed by atoms with Crippen LogP contribution in [0.3, 0.4) is 0 Å². The van der Waals surface area contributed by atoms with Gasteiger partial charge in [0.25, 0.3) is 0 Å². The number of ether oxygens (including phenoxy) is 1. The number of carboxylic acids is 1. The van der Waals surface area contributed by atoms with Crippen LogP contribution in [-0.4, -0.2) is 48.5 Å². The Bertz CT molecular complexity index is 567. The molecule has 0 spiro atoms. The van der Waals surface area contributed by atoms with E-state index in [-0.39, 0.29) is 30.0 Å². The molecular formula is C12H21N3O5S. The number of aromatic nitrogens is 2. The van der Waals surface area contributed by atoms with Gasteiger partial charge in [0.15, 0.2) is 0 Å². The first-order valence-corrected chi connectivity index (χ1v) is 8.09. The molecule has 0 saturated heterocycles. The summed E-state index contributed by atoms with van der Waals surface area (Å²) >= 11 is 0. The zero-order valence-corrected chi connectivity index (χ0v) is 13.1. The lowest BCUT2D eigenvalue weighted by Gasteiger charge is -2.21. The predicted molar refractivity (Wildman–Crippen MR) is 75.3 cm³/mol. The second-order valence-electron chi connectivity index (χ2n) is 4.90. The number of carboxylic acid groups (broad SMARTS) is 1. The van der Waals surface area contributed by atoms with Crippen molar-refractivity contribution in [2.75, 3.05) is 13.2 Å². The number of hydrogen-bond acceptors (Lipinski definition) is 5. The maximum absolute atomic E-state index is 12.2. The highest BCUT2D eigenvalue weighted by Crippen LogP contribution is 2.11. The van der Waals surface area contributed by atoms with Crippen molar-refractivity contribution in [3.05, 3.63) is 12.4 Å². The molecule has 0 aliphatic rings. The fourth-order valence-electron chi connectivity index (χ4n) is 1.58. The summed E-state index contributed by atoms with van der Waals surface area (Å²) in [7, 11) is -3.76. The van der Waals surface area contributed by atoms with E-state index < -0.39 is 16.0 Å². The highest BCUT2D eigenvalue weighted by Gasteiger charge is 2.24. The molecule has 0 radical (unpaired) electrons. The Morgan fingerprint density at radius 3 is 2.71 bits per heavy atom. The molecule has 9 heteroatoms. The molecule has 2 N–H and O–H groups in total. The molecule has 0 fully saturated rings. The van der Waals surface area contributed by atoms with Gasteiger partial charge < -0.3 is 9.84 Å². The average Bonchev–Trinajstić information content (AvgIpc) is 2.82. The van der Waals surface area contributed by atoms with Crippen LogP contribution in [-0.2, 0) is 26.1 Å². The second-order valence-corrected chi connectivity index (χ2v) is 6.61. The molecule has 0 bridgehead atoms. The van der Waals surface area contributed by atoms with Crippen LogP contribution >= 0.6 is 0 Å². The van der Waals surface area contributed by atoms with E-state index in [2.05, 4.69) is 9.82 Å². The maximum Gasteiger partial charge on any atom is 0.325 e. The van der Waals surface area contributed by atoms with Gasteiger partial charge in [-0.2, -0.15) is 5.10 Å². The molecule has 1 aromatic rings. The molecule has 1 rings (SSSR count). The van der Waals surface area contributed by atoms with E-state index in [1.54, 1.807) is 0 Å². The number of rotatable bonds is 9. The van der Waals surface area contributed by atoms with Gasteiger partial charge in [-0.25, -0.2) is 13.1 Å². The van der Waals surface area contributed by atoms with Crippen LogP contribution in [0.15, 0.2) is 17.3 Å². The van der Waals surface area contributed by atoms with Crippen molar-refractivity contribution in [3.8, 4) is 0 Å². The second kappa shape index (κ2) is 7.53. The van der Waals surface area contributed by atoms with Crippen LogP contribution in [0.4, 0.5) is 0 Å². The van der Waals surface area contributed by atoms with E-state index in [4.69, 9.17) is 9.84 Å². The lowest BCUT2D eigenvalue weighted by Crippen LogP contribution is -2.41. The van der Waals surface area contributed by atoms with Crippen LogP contribution in [0.5, 0.6) is 0 Å². The van der Waals surface area contributed by atoms with E-state index >= 15 is 0 Å². The Hall–Kier alpha value is -1.45. The molecule has 0 amide bonds. The first-order valence-electron chi connectivity index (χ1n) is 6.60. The van der Waals surface area contributed by atoms with Crippen LogP contribution in [0.1, 0.15) is 20.8 Å². The van der Waals surface area contributed by atoms with Gasteiger partial charge in [-0.3, -0.25) is 9.48 Å². The number of nitrogens with one attached hydrogen (secondary N) is 1. The topological polar surface area (TPSA) is 111 Å². The van der Waals surface area contributed by atoms with E-state index in [9.17, 15) is 13.2 Å². The Labute approximate surface area is 124 Å². The van der Waals surface area contributed by atoms with Gasteiger partial charge in [0, 0.05) is 18.8 Å². The van der Waals surface area contributed by atoms with Crippen molar-refractivity contribution in [2.45, 2.75) is 38.3 Å². The highest BCUT2D eigenvalue weighted by molar-refractivity contribution is 7.89. The Morgan fingerprint density at radius 2 is 2.19 bits per heavy atom. The molecule has 1 unspecified atom stereocenters. The van der Waals surface area contributed by atoms with Crippen molar-refractivity contribution in [3.63, 3.8) is 0 Å². The summed E-state index contributed by atoms with van der Waals surface area (Å²) in [5, 5.41) is 12.4. The fraction of sp³-hybridized carbons (Fsp3) is 0.667. The Balaban J connectivity index is 2.83. The van der Waals surface area contributed by atoms with Crippen LogP contribution < -0.4 is 4.72 Å². The minimum atomic E-state index is -3.76. The lowest BCUT2D eigenvalue weighted by molar-refractivity contribution is -0.137. The summed E-state index contributed by atoms with van der Waals surface area (Å²) in [6.07, 6.45) is 2.32. The molecule has 0 aliphatic carbocycles. The molecule has 120 valence electrons. The van der Waals surface area contributed by atoms with Crippen LogP contribution in [0.2, 0.25) is 0 Å². The highest BCUT2D eigenvalue weighted by atomic mass is 32.2. The molecule has 1 heterocycles. The summed E-state index contributed by atoms with van der Waals surface area (Å²) in [5.74, 6) is -1.04. The van der Waals surface area contributed by atoms with Crippen LogP contribution in [0.25, 0.3) is 0 Å². The zero-order chi connectivity index (χ0) is 16.0. The Kier molecular flexibility index (Phi) is 6.31. The van der Waals surface area contributed by atoms with Crippen molar-refractivity contribution in [2.24, 2.45) is 5.92 Å². The number of sulfonamides is 1. The monoisotopic (exact) mass is 319 g/mol. The summed E-state index contributed by atoms with van der Waals surface area (Å²) in [6.45, 7) is 6.00.